The molecular formula is C12H15Cl2NO. The van der Waals surface area contributed by atoms with Gasteiger partial charge < -0.3 is 5.73 Å². The molecule has 2 nitrogen and oxygen atoms in total. The Morgan fingerprint density at radius 1 is 1.38 bits per heavy atom. The average molecular weight is 260 g/mol. The lowest BCUT2D eigenvalue weighted by molar-refractivity contribution is -0.125. The molecule has 0 spiro atoms. The second-order valence-corrected chi connectivity index (χ2v) is 5.27. The van der Waals surface area contributed by atoms with Crippen molar-refractivity contribution in [2.75, 3.05) is 6.54 Å². The third kappa shape index (κ3) is 3.21. The lowest BCUT2D eigenvalue weighted by Crippen LogP contribution is -2.33. The van der Waals surface area contributed by atoms with Crippen molar-refractivity contribution in [2.45, 2.75) is 20.3 Å². The van der Waals surface area contributed by atoms with E-state index in [0.29, 0.717) is 23.0 Å². The third-order valence-corrected chi connectivity index (χ3v) is 3.22. The van der Waals surface area contributed by atoms with E-state index in [9.17, 15) is 4.79 Å². The summed E-state index contributed by atoms with van der Waals surface area (Å²) >= 11 is 11.8. The van der Waals surface area contributed by atoms with Crippen LogP contribution < -0.4 is 5.73 Å². The van der Waals surface area contributed by atoms with Crippen LogP contribution in [0.1, 0.15) is 19.4 Å². The monoisotopic (exact) mass is 259 g/mol. The molecule has 0 amide bonds. The zero-order valence-corrected chi connectivity index (χ0v) is 10.9. The molecule has 0 radical (unpaired) electrons. The van der Waals surface area contributed by atoms with Gasteiger partial charge in [0.2, 0.25) is 0 Å². The van der Waals surface area contributed by atoms with Crippen molar-refractivity contribution in [1.29, 1.82) is 0 Å². The first kappa shape index (κ1) is 13.5. The van der Waals surface area contributed by atoms with Gasteiger partial charge in [0.15, 0.2) is 0 Å². The van der Waals surface area contributed by atoms with Crippen molar-refractivity contribution in [3.63, 3.8) is 0 Å². The molecule has 1 aromatic carbocycles. The van der Waals surface area contributed by atoms with Crippen molar-refractivity contribution in [3.05, 3.63) is 33.8 Å². The van der Waals surface area contributed by atoms with Crippen LogP contribution in [0.3, 0.4) is 0 Å². The Morgan fingerprint density at radius 3 is 2.50 bits per heavy atom. The van der Waals surface area contributed by atoms with Gasteiger partial charge in [-0.15, -0.1) is 0 Å². The van der Waals surface area contributed by atoms with Crippen LogP contribution in [-0.2, 0) is 11.2 Å². The number of nitrogens with two attached hydrogens (primary N) is 1. The molecule has 0 heterocycles. The standard InChI is InChI=1S/C12H15Cl2NO/c1-12(2,7-15)11(16)5-8-3-4-9(13)6-10(8)14/h3-4,6H,5,7,15H2,1-2H3. The SMILES string of the molecule is CC(C)(CN)C(=O)Cc1ccc(Cl)cc1Cl. The predicted octanol–water partition coefficient (Wildman–Crippen LogP) is 3.09. The van der Waals surface area contributed by atoms with Gasteiger partial charge in [-0.1, -0.05) is 43.1 Å². The minimum Gasteiger partial charge on any atom is -0.329 e. The number of hydrogen-bond donors (Lipinski definition) is 1. The van der Waals surface area contributed by atoms with E-state index in [1.165, 1.54) is 0 Å². The van der Waals surface area contributed by atoms with Crippen LogP contribution in [0, 0.1) is 5.41 Å². The highest BCUT2D eigenvalue weighted by Gasteiger charge is 2.25. The zero-order chi connectivity index (χ0) is 12.3. The van der Waals surface area contributed by atoms with Crippen LogP contribution in [-0.4, -0.2) is 12.3 Å². The van der Waals surface area contributed by atoms with E-state index in [-0.39, 0.29) is 5.78 Å². The van der Waals surface area contributed by atoms with Crippen LogP contribution in [0.15, 0.2) is 18.2 Å². The summed E-state index contributed by atoms with van der Waals surface area (Å²) in [6, 6.07) is 5.14. The number of halogens is 2. The lowest BCUT2D eigenvalue weighted by atomic mass is 9.85. The Balaban J connectivity index is 2.85. The largest absolute Gasteiger partial charge is 0.329 e. The van der Waals surface area contributed by atoms with E-state index in [0.717, 1.165) is 5.56 Å². The van der Waals surface area contributed by atoms with Gasteiger partial charge in [-0.3, -0.25) is 4.79 Å². The number of carbonyl (C=O) groups excluding carboxylic acids is 1. The minimum atomic E-state index is -0.511. The van der Waals surface area contributed by atoms with Gasteiger partial charge in [0.25, 0.3) is 0 Å². The maximum absolute atomic E-state index is 11.9. The minimum absolute atomic E-state index is 0.0826. The Bertz CT molecular complexity index is 402. The Labute approximate surface area is 106 Å². The van der Waals surface area contributed by atoms with E-state index >= 15 is 0 Å². The zero-order valence-electron chi connectivity index (χ0n) is 9.39. The number of rotatable bonds is 4. The van der Waals surface area contributed by atoms with Crippen LogP contribution >= 0.6 is 23.2 Å². The number of carbonyl (C=O) groups is 1. The molecule has 0 unspecified atom stereocenters. The van der Waals surface area contributed by atoms with Crippen molar-refractivity contribution >= 4 is 29.0 Å². The summed E-state index contributed by atoms with van der Waals surface area (Å²) in [4.78, 5) is 11.9. The molecule has 4 heteroatoms. The fourth-order valence-corrected chi connectivity index (χ4v) is 1.67. The topological polar surface area (TPSA) is 43.1 Å². The Hall–Kier alpha value is -0.570. The van der Waals surface area contributed by atoms with Gasteiger partial charge in [0, 0.05) is 28.4 Å². The summed E-state index contributed by atoms with van der Waals surface area (Å²) in [6.07, 6.45) is 0.292. The van der Waals surface area contributed by atoms with Crippen molar-refractivity contribution < 1.29 is 4.79 Å². The molecule has 0 aromatic heterocycles. The quantitative estimate of drug-likeness (QED) is 0.903. The lowest BCUT2D eigenvalue weighted by Gasteiger charge is -2.20. The number of benzene rings is 1. The molecule has 0 atom stereocenters. The molecule has 0 aliphatic rings. The highest BCUT2D eigenvalue weighted by atomic mass is 35.5. The van der Waals surface area contributed by atoms with Gasteiger partial charge in [-0.25, -0.2) is 0 Å². The summed E-state index contributed by atoms with van der Waals surface area (Å²) in [5.41, 5.74) is 5.83. The average Bonchev–Trinajstić information content (AvgIpc) is 2.22. The van der Waals surface area contributed by atoms with Gasteiger partial charge in [-0.2, -0.15) is 0 Å². The second-order valence-electron chi connectivity index (χ2n) is 4.42. The normalized spacial score (nSPS) is 11.6. The van der Waals surface area contributed by atoms with Crippen LogP contribution in [0.25, 0.3) is 0 Å². The van der Waals surface area contributed by atoms with Gasteiger partial charge in [0.1, 0.15) is 5.78 Å². The number of Topliss-reactive ketones (excluding diaryl/α,β-unsaturated/α-hetero) is 1. The molecule has 16 heavy (non-hydrogen) atoms. The summed E-state index contributed by atoms with van der Waals surface area (Å²) in [6.45, 7) is 4.00. The highest BCUT2D eigenvalue weighted by molar-refractivity contribution is 6.35. The summed E-state index contributed by atoms with van der Waals surface area (Å²) in [7, 11) is 0. The molecule has 0 aliphatic carbocycles. The molecule has 1 aromatic rings. The molecule has 0 bridgehead atoms. The van der Waals surface area contributed by atoms with Crippen molar-refractivity contribution in [2.24, 2.45) is 11.1 Å². The first-order chi connectivity index (χ1) is 7.36. The number of ketones is 1. The molecule has 0 saturated carbocycles. The summed E-state index contributed by atoms with van der Waals surface area (Å²) in [5.74, 6) is 0.0826. The maximum Gasteiger partial charge on any atom is 0.144 e. The highest BCUT2D eigenvalue weighted by Crippen LogP contribution is 2.24. The fourth-order valence-electron chi connectivity index (χ4n) is 1.19. The molecular weight excluding hydrogens is 245 g/mol. The van der Waals surface area contributed by atoms with E-state index in [4.69, 9.17) is 28.9 Å². The molecule has 88 valence electrons. The Morgan fingerprint density at radius 2 is 2.00 bits per heavy atom. The van der Waals surface area contributed by atoms with Crippen molar-refractivity contribution in [1.82, 2.24) is 0 Å². The van der Waals surface area contributed by atoms with E-state index < -0.39 is 5.41 Å². The number of hydrogen-bond acceptors (Lipinski definition) is 2. The summed E-state index contributed by atoms with van der Waals surface area (Å²) < 4.78 is 0. The van der Waals surface area contributed by atoms with Gasteiger partial charge in [-0.05, 0) is 17.7 Å². The van der Waals surface area contributed by atoms with E-state index in [1.807, 2.05) is 13.8 Å². The van der Waals surface area contributed by atoms with Gasteiger partial charge in [0.05, 0.1) is 0 Å². The third-order valence-electron chi connectivity index (χ3n) is 2.63. The smallest absolute Gasteiger partial charge is 0.144 e. The van der Waals surface area contributed by atoms with Crippen LogP contribution in [0.5, 0.6) is 0 Å². The Kier molecular flexibility index (Phi) is 4.36. The van der Waals surface area contributed by atoms with E-state index in [2.05, 4.69) is 0 Å². The second kappa shape index (κ2) is 5.17. The van der Waals surface area contributed by atoms with Crippen LogP contribution in [0.4, 0.5) is 0 Å². The molecule has 1 rings (SSSR count). The maximum atomic E-state index is 11.9. The van der Waals surface area contributed by atoms with E-state index in [1.54, 1.807) is 18.2 Å². The molecule has 2 N–H and O–H groups in total. The first-order valence-electron chi connectivity index (χ1n) is 5.04. The first-order valence-corrected chi connectivity index (χ1v) is 5.79. The van der Waals surface area contributed by atoms with Crippen LogP contribution in [0.2, 0.25) is 10.0 Å². The van der Waals surface area contributed by atoms with Crippen molar-refractivity contribution in [3.8, 4) is 0 Å². The fraction of sp³-hybridized carbons (Fsp3) is 0.417. The molecule has 0 saturated heterocycles. The molecule has 0 fully saturated rings. The predicted molar refractivity (Wildman–Crippen MR) is 68.0 cm³/mol. The summed E-state index contributed by atoms with van der Waals surface area (Å²) in [5, 5.41) is 1.09. The van der Waals surface area contributed by atoms with Gasteiger partial charge >= 0.3 is 0 Å². The molecule has 0 aliphatic heterocycles.